The van der Waals surface area contributed by atoms with E-state index in [-0.39, 0.29) is 29.2 Å². The van der Waals surface area contributed by atoms with E-state index in [4.69, 9.17) is 22.8 Å². The van der Waals surface area contributed by atoms with E-state index in [0.717, 1.165) is 0 Å². The molecule has 6 heteroatoms. The zero-order valence-electron chi connectivity index (χ0n) is 8.45. The summed E-state index contributed by atoms with van der Waals surface area (Å²) < 4.78 is 22.1. The van der Waals surface area contributed by atoms with Gasteiger partial charge in [-0.15, -0.1) is 5.47 Å². The minimum atomic E-state index is -0.0544. The van der Waals surface area contributed by atoms with Crippen molar-refractivity contribution in [1.29, 1.82) is 0 Å². The normalized spacial score (nSPS) is 13.0. The number of nitrogen functional groups attached to an aromatic ring is 1. The van der Waals surface area contributed by atoms with Crippen molar-refractivity contribution in [2.24, 2.45) is 0 Å². The molecule has 78 valence electrons. The van der Waals surface area contributed by atoms with Crippen LogP contribution in [0.15, 0.2) is 16.3 Å². The Bertz CT molecular complexity index is 408. The standard InChI is InChI=1S/C9H10BFN2O2/c1-5(10)3-6-8(7(4-11)14-2)9(12)13-15-6/h3-4H,1-2H3,(H2,12,13)/b5-3+,7-4-. The summed E-state index contributed by atoms with van der Waals surface area (Å²) in [6, 6.07) is 0. The smallest absolute Gasteiger partial charge is 0.178 e. The first-order chi connectivity index (χ1) is 7.10. The van der Waals surface area contributed by atoms with Gasteiger partial charge in [0.2, 0.25) is 0 Å². The van der Waals surface area contributed by atoms with Crippen LogP contribution < -0.4 is 5.73 Å². The van der Waals surface area contributed by atoms with Crippen molar-refractivity contribution in [1.82, 2.24) is 5.16 Å². The van der Waals surface area contributed by atoms with Crippen LogP contribution in [0.25, 0.3) is 11.8 Å². The zero-order valence-corrected chi connectivity index (χ0v) is 8.45. The van der Waals surface area contributed by atoms with E-state index in [0.29, 0.717) is 5.47 Å². The number of nitrogens with zero attached hydrogens (tertiary/aromatic N) is 1. The molecule has 0 spiro atoms. The fourth-order valence-electron chi connectivity index (χ4n) is 1.07. The first kappa shape index (κ1) is 11.4. The summed E-state index contributed by atoms with van der Waals surface area (Å²) >= 11 is 0. The Morgan fingerprint density at radius 3 is 2.80 bits per heavy atom. The first-order valence-electron chi connectivity index (χ1n) is 4.13. The molecule has 0 aliphatic carbocycles. The molecule has 2 N–H and O–H groups in total. The topological polar surface area (TPSA) is 61.3 Å². The van der Waals surface area contributed by atoms with Gasteiger partial charge >= 0.3 is 0 Å². The highest BCUT2D eigenvalue weighted by Gasteiger charge is 2.17. The maximum Gasteiger partial charge on any atom is 0.178 e. The SMILES string of the molecule is [B]/C(C)=C/c1onc(N)c1/C(=C/F)OC. The van der Waals surface area contributed by atoms with Gasteiger partial charge < -0.3 is 15.0 Å². The Labute approximate surface area is 88.0 Å². The largest absolute Gasteiger partial charge is 0.493 e. The van der Waals surface area contributed by atoms with Gasteiger partial charge in [0.15, 0.2) is 17.3 Å². The van der Waals surface area contributed by atoms with Crippen LogP contribution in [0, 0.1) is 0 Å². The molecule has 1 rings (SSSR count). The molecule has 15 heavy (non-hydrogen) atoms. The van der Waals surface area contributed by atoms with Gasteiger partial charge in [-0.1, -0.05) is 12.1 Å². The molecule has 0 aromatic carbocycles. The maximum absolute atomic E-state index is 12.5. The predicted molar refractivity (Wildman–Crippen MR) is 56.4 cm³/mol. The molecule has 0 aliphatic heterocycles. The Morgan fingerprint density at radius 1 is 1.67 bits per heavy atom. The number of ether oxygens (including phenoxy) is 1. The van der Waals surface area contributed by atoms with Gasteiger partial charge in [0, 0.05) is 0 Å². The quantitative estimate of drug-likeness (QED) is 0.606. The van der Waals surface area contributed by atoms with Crippen LogP contribution in [-0.4, -0.2) is 20.1 Å². The second kappa shape index (κ2) is 4.68. The van der Waals surface area contributed by atoms with Crippen molar-refractivity contribution in [2.45, 2.75) is 6.92 Å². The summed E-state index contributed by atoms with van der Waals surface area (Å²) in [5.74, 6) is 0.257. The third-order valence-corrected chi connectivity index (χ3v) is 1.67. The van der Waals surface area contributed by atoms with Crippen LogP contribution in [0.5, 0.6) is 0 Å². The molecular formula is C9H10BFN2O2. The van der Waals surface area contributed by atoms with Crippen molar-refractivity contribution in [3.63, 3.8) is 0 Å². The van der Waals surface area contributed by atoms with Crippen molar-refractivity contribution in [2.75, 3.05) is 12.8 Å². The third kappa shape index (κ3) is 2.40. The van der Waals surface area contributed by atoms with Crippen LogP contribution in [0.1, 0.15) is 18.2 Å². The van der Waals surface area contributed by atoms with Gasteiger partial charge in [0.05, 0.1) is 7.11 Å². The van der Waals surface area contributed by atoms with Crippen LogP contribution in [0.4, 0.5) is 10.2 Å². The van der Waals surface area contributed by atoms with E-state index < -0.39 is 0 Å². The lowest BCUT2D eigenvalue weighted by molar-refractivity contribution is 0.361. The number of allylic oxidation sites excluding steroid dienone is 1. The molecule has 0 atom stereocenters. The number of aromatic nitrogens is 1. The van der Waals surface area contributed by atoms with Gasteiger partial charge in [-0.05, 0) is 6.08 Å². The van der Waals surface area contributed by atoms with Crippen molar-refractivity contribution >= 4 is 25.5 Å². The number of rotatable bonds is 3. The lowest BCUT2D eigenvalue weighted by atomic mass is 9.96. The monoisotopic (exact) mass is 208 g/mol. The number of hydrogen-bond donors (Lipinski definition) is 1. The fourth-order valence-corrected chi connectivity index (χ4v) is 1.07. The molecule has 0 fully saturated rings. The molecular weight excluding hydrogens is 198 g/mol. The summed E-state index contributed by atoms with van der Waals surface area (Å²) in [5.41, 5.74) is 6.25. The Morgan fingerprint density at radius 2 is 2.33 bits per heavy atom. The average Bonchev–Trinajstić information content (AvgIpc) is 2.51. The predicted octanol–water partition coefficient (Wildman–Crippen LogP) is 1.70. The van der Waals surface area contributed by atoms with Gasteiger partial charge in [-0.25, -0.2) is 4.39 Å². The van der Waals surface area contributed by atoms with Gasteiger partial charge in [0.25, 0.3) is 0 Å². The van der Waals surface area contributed by atoms with E-state index in [2.05, 4.69) is 5.16 Å². The van der Waals surface area contributed by atoms with Crippen LogP contribution in [0.2, 0.25) is 0 Å². The summed E-state index contributed by atoms with van der Waals surface area (Å²) in [4.78, 5) is 0. The van der Waals surface area contributed by atoms with Gasteiger partial charge in [0.1, 0.15) is 19.7 Å². The molecule has 0 aliphatic rings. The highest BCUT2D eigenvalue weighted by molar-refractivity contribution is 6.23. The summed E-state index contributed by atoms with van der Waals surface area (Å²) in [6.07, 6.45) is 1.77. The molecule has 1 aromatic heterocycles. The molecule has 0 amide bonds. The van der Waals surface area contributed by atoms with E-state index >= 15 is 0 Å². The lowest BCUT2D eigenvalue weighted by Crippen LogP contribution is -1.94. The van der Waals surface area contributed by atoms with Crippen molar-refractivity contribution < 1.29 is 13.7 Å². The molecule has 0 saturated carbocycles. The summed E-state index contributed by atoms with van der Waals surface area (Å²) in [5, 5.41) is 3.50. The van der Waals surface area contributed by atoms with Crippen molar-refractivity contribution in [3.8, 4) is 0 Å². The maximum atomic E-state index is 12.5. The second-order valence-electron chi connectivity index (χ2n) is 2.87. The van der Waals surface area contributed by atoms with Gasteiger partial charge in [-0.2, -0.15) is 0 Å². The summed E-state index contributed by atoms with van der Waals surface area (Å²) in [6.45, 7) is 1.66. The lowest BCUT2D eigenvalue weighted by Gasteiger charge is -2.02. The van der Waals surface area contributed by atoms with Crippen molar-refractivity contribution in [3.05, 3.63) is 23.1 Å². The zero-order chi connectivity index (χ0) is 11.4. The number of hydrogen-bond acceptors (Lipinski definition) is 4. The summed E-state index contributed by atoms with van der Waals surface area (Å²) in [7, 11) is 6.78. The minimum absolute atomic E-state index is 0.0493. The minimum Gasteiger partial charge on any atom is -0.493 e. The van der Waals surface area contributed by atoms with Crippen LogP contribution >= 0.6 is 0 Å². The van der Waals surface area contributed by atoms with E-state index in [9.17, 15) is 4.39 Å². The van der Waals surface area contributed by atoms with E-state index in [1.807, 2.05) is 0 Å². The number of nitrogens with two attached hydrogens (primary N) is 1. The molecule has 4 nitrogen and oxygen atoms in total. The first-order valence-corrected chi connectivity index (χ1v) is 4.13. The number of anilines is 1. The molecule has 2 radical (unpaired) electrons. The van der Waals surface area contributed by atoms with Crippen LogP contribution in [-0.2, 0) is 4.74 Å². The second-order valence-corrected chi connectivity index (χ2v) is 2.87. The molecule has 0 unspecified atom stereocenters. The molecule has 1 aromatic rings. The van der Waals surface area contributed by atoms with E-state index in [1.54, 1.807) is 6.92 Å². The molecule has 1 heterocycles. The van der Waals surface area contributed by atoms with Crippen LogP contribution in [0.3, 0.4) is 0 Å². The number of methoxy groups -OCH3 is 1. The Hall–Kier alpha value is -1.72. The Balaban J connectivity index is 3.27. The highest BCUT2D eigenvalue weighted by Crippen LogP contribution is 2.27. The average molecular weight is 208 g/mol. The molecule has 0 bridgehead atoms. The van der Waals surface area contributed by atoms with E-state index in [1.165, 1.54) is 13.2 Å². The fraction of sp³-hybridized carbons (Fsp3) is 0.222. The third-order valence-electron chi connectivity index (χ3n) is 1.67. The Kier molecular flexibility index (Phi) is 3.54. The van der Waals surface area contributed by atoms with Gasteiger partial charge in [-0.3, -0.25) is 0 Å². The highest BCUT2D eigenvalue weighted by atomic mass is 19.1. The number of halogens is 1. The molecule has 0 saturated heterocycles.